The van der Waals surface area contributed by atoms with E-state index in [2.05, 4.69) is 0 Å². The van der Waals surface area contributed by atoms with Gasteiger partial charge in [-0.05, 0) is 24.6 Å². The maximum absolute atomic E-state index is 11.8. The van der Waals surface area contributed by atoms with E-state index in [0.29, 0.717) is 10.7 Å². The molecule has 0 fully saturated rings. The molecule has 0 saturated heterocycles. The van der Waals surface area contributed by atoms with Crippen LogP contribution in [0.1, 0.15) is 15.9 Å². The van der Waals surface area contributed by atoms with Crippen molar-refractivity contribution in [1.82, 2.24) is 4.57 Å². The van der Waals surface area contributed by atoms with Crippen molar-refractivity contribution < 1.29 is 9.90 Å². The fourth-order valence-corrected chi connectivity index (χ4v) is 2.03. The van der Waals surface area contributed by atoms with Gasteiger partial charge in [-0.25, -0.2) is 4.79 Å². The summed E-state index contributed by atoms with van der Waals surface area (Å²) < 4.78 is 1.25. The highest BCUT2D eigenvalue weighted by molar-refractivity contribution is 6.32. The van der Waals surface area contributed by atoms with Crippen LogP contribution in [0.2, 0.25) is 5.02 Å². The van der Waals surface area contributed by atoms with Crippen LogP contribution in [0.3, 0.4) is 0 Å². The number of hydrogen-bond acceptors (Lipinski definition) is 2. The minimum absolute atomic E-state index is 0.0360. The van der Waals surface area contributed by atoms with Crippen LogP contribution in [0.15, 0.2) is 41.3 Å². The predicted octanol–water partition coefficient (Wildman–Crippen LogP) is 2.50. The van der Waals surface area contributed by atoms with E-state index in [0.717, 1.165) is 5.56 Å². The lowest BCUT2D eigenvalue weighted by Crippen LogP contribution is -2.19. The van der Waals surface area contributed by atoms with Gasteiger partial charge in [0.05, 0.1) is 16.3 Å². The summed E-state index contributed by atoms with van der Waals surface area (Å²) in [6.45, 7) is 1.81. The average Bonchev–Trinajstić information content (AvgIpc) is 2.30. The quantitative estimate of drug-likeness (QED) is 0.906. The number of carbonyl (C=O) groups is 1. The highest BCUT2D eigenvalue weighted by Crippen LogP contribution is 2.22. The molecular formula is C13H10ClNO3. The minimum atomic E-state index is -1.09. The first-order chi connectivity index (χ1) is 8.50. The molecule has 1 aromatic carbocycles. The van der Waals surface area contributed by atoms with Crippen LogP contribution >= 0.6 is 11.6 Å². The molecule has 92 valence electrons. The number of aromatic carboxylic acids is 1. The fourth-order valence-electron chi connectivity index (χ4n) is 1.72. The molecule has 0 aliphatic carbocycles. The van der Waals surface area contributed by atoms with Gasteiger partial charge in [-0.1, -0.05) is 23.7 Å². The van der Waals surface area contributed by atoms with Crippen molar-refractivity contribution >= 4 is 17.6 Å². The Morgan fingerprint density at radius 3 is 2.61 bits per heavy atom. The van der Waals surface area contributed by atoms with E-state index in [-0.39, 0.29) is 11.1 Å². The summed E-state index contributed by atoms with van der Waals surface area (Å²) in [4.78, 5) is 22.7. The van der Waals surface area contributed by atoms with Gasteiger partial charge in [0, 0.05) is 12.3 Å². The molecule has 1 aromatic heterocycles. The van der Waals surface area contributed by atoms with Crippen molar-refractivity contribution in [3.8, 4) is 5.69 Å². The Morgan fingerprint density at radius 2 is 2.00 bits per heavy atom. The Morgan fingerprint density at radius 1 is 1.28 bits per heavy atom. The third kappa shape index (κ3) is 2.15. The zero-order valence-electron chi connectivity index (χ0n) is 9.55. The smallest absolute Gasteiger partial charge is 0.337 e. The van der Waals surface area contributed by atoms with E-state index in [1.54, 1.807) is 25.1 Å². The van der Waals surface area contributed by atoms with E-state index in [4.69, 9.17) is 16.7 Å². The number of rotatable bonds is 2. The topological polar surface area (TPSA) is 59.3 Å². The second-order valence-corrected chi connectivity index (χ2v) is 4.24. The summed E-state index contributed by atoms with van der Waals surface area (Å²) >= 11 is 6.06. The van der Waals surface area contributed by atoms with E-state index >= 15 is 0 Å². The Hall–Kier alpha value is -2.07. The van der Waals surface area contributed by atoms with Crippen molar-refractivity contribution in [2.24, 2.45) is 0 Å². The molecule has 0 unspecified atom stereocenters. The van der Waals surface area contributed by atoms with Gasteiger partial charge in [0.25, 0.3) is 5.56 Å². The van der Waals surface area contributed by atoms with E-state index in [9.17, 15) is 9.59 Å². The number of carboxylic acid groups (broad SMARTS) is 1. The molecule has 0 saturated carbocycles. The van der Waals surface area contributed by atoms with Gasteiger partial charge in [-0.3, -0.25) is 9.36 Å². The standard InChI is InChI=1S/C13H10ClNO3/c1-8-3-2-4-10(14)12(8)15-7-9(13(17)18)5-6-11(15)16/h2-7H,1H3,(H,17,18). The Kier molecular flexibility index (Phi) is 3.21. The van der Waals surface area contributed by atoms with Crippen molar-refractivity contribution in [2.75, 3.05) is 0 Å². The highest BCUT2D eigenvalue weighted by Gasteiger charge is 2.11. The molecule has 4 nitrogen and oxygen atoms in total. The van der Waals surface area contributed by atoms with E-state index < -0.39 is 5.97 Å². The fraction of sp³-hybridized carbons (Fsp3) is 0.0769. The van der Waals surface area contributed by atoms with Gasteiger partial charge in [0.1, 0.15) is 0 Å². The number of hydrogen-bond donors (Lipinski definition) is 1. The Balaban J connectivity index is 2.75. The second kappa shape index (κ2) is 4.66. The summed E-state index contributed by atoms with van der Waals surface area (Å²) in [5.41, 5.74) is 1.02. The molecule has 2 aromatic rings. The highest BCUT2D eigenvalue weighted by atomic mass is 35.5. The first kappa shape index (κ1) is 12.4. The number of carboxylic acids is 1. The molecule has 0 aliphatic heterocycles. The minimum Gasteiger partial charge on any atom is -0.478 e. The number of halogens is 1. The molecule has 1 heterocycles. The molecule has 0 radical (unpaired) electrons. The predicted molar refractivity (Wildman–Crippen MR) is 68.7 cm³/mol. The van der Waals surface area contributed by atoms with E-state index in [1.807, 2.05) is 0 Å². The largest absolute Gasteiger partial charge is 0.478 e. The lowest BCUT2D eigenvalue weighted by molar-refractivity contribution is 0.0696. The summed E-state index contributed by atoms with van der Waals surface area (Å²) in [5, 5.41) is 9.34. The van der Waals surface area contributed by atoms with Crippen molar-refractivity contribution in [2.45, 2.75) is 6.92 Å². The van der Waals surface area contributed by atoms with Crippen LogP contribution in [0.5, 0.6) is 0 Å². The molecule has 0 amide bonds. The molecular weight excluding hydrogens is 254 g/mol. The van der Waals surface area contributed by atoms with Crippen LogP contribution in [-0.4, -0.2) is 15.6 Å². The van der Waals surface area contributed by atoms with Gasteiger partial charge in [-0.2, -0.15) is 0 Å². The summed E-state index contributed by atoms with van der Waals surface area (Å²) in [6, 6.07) is 7.72. The van der Waals surface area contributed by atoms with Gasteiger partial charge in [-0.15, -0.1) is 0 Å². The average molecular weight is 264 g/mol. The summed E-state index contributed by atoms with van der Waals surface area (Å²) in [6.07, 6.45) is 1.28. The number of aryl methyl sites for hydroxylation is 1. The number of pyridine rings is 1. The third-order valence-electron chi connectivity index (χ3n) is 2.59. The molecule has 1 N–H and O–H groups in total. The number of aromatic nitrogens is 1. The molecule has 0 aliphatic rings. The van der Waals surface area contributed by atoms with Crippen LogP contribution < -0.4 is 5.56 Å². The van der Waals surface area contributed by atoms with Gasteiger partial charge in [0.2, 0.25) is 0 Å². The second-order valence-electron chi connectivity index (χ2n) is 3.84. The lowest BCUT2D eigenvalue weighted by Gasteiger charge is -2.11. The zero-order valence-corrected chi connectivity index (χ0v) is 10.3. The molecule has 0 spiro atoms. The summed E-state index contributed by atoms with van der Waals surface area (Å²) in [5.74, 6) is -1.09. The number of nitrogens with zero attached hydrogens (tertiary/aromatic N) is 1. The van der Waals surface area contributed by atoms with Crippen LogP contribution in [-0.2, 0) is 0 Å². The van der Waals surface area contributed by atoms with Crippen molar-refractivity contribution in [3.63, 3.8) is 0 Å². The first-order valence-electron chi connectivity index (χ1n) is 5.22. The number of para-hydroxylation sites is 1. The van der Waals surface area contributed by atoms with Crippen LogP contribution in [0.25, 0.3) is 5.69 Å². The van der Waals surface area contributed by atoms with Gasteiger partial charge in [0.15, 0.2) is 0 Å². The molecule has 5 heteroatoms. The Labute approximate surface area is 108 Å². The SMILES string of the molecule is Cc1cccc(Cl)c1-n1cc(C(=O)O)ccc1=O. The number of benzene rings is 1. The van der Waals surface area contributed by atoms with Gasteiger partial charge < -0.3 is 5.11 Å². The normalized spacial score (nSPS) is 10.3. The zero-order chi connectivity index (χ0) is 13.3. The van der Waals surface area contributed by atoms with Crippen molar-refractivity contribution in [3.05, 3.63) is 63.0 Å². The maximum atomic E-state index is 11.8. The van der Waals surface area contributed by atoms with E-state index in [1.165, 1.54) is 22.9 Å². The Bertz CT molecular complexity index is 656. The molecule has 0 atom stereocenters. The summed E-state index contributed by atoms with van der Waals surface area (Å²) in [7, 11) is 0. The third-order valence-corrected chi connectivity index (χ3v) is 2.89. The van der Waals surface area contributed by atoms with Crippen LogP contribution in [0, 0.1) is 6.92 Å². The molecule has 0 bridgehead atoms. The first-order valence-corrected chi connectivity index (χ1v) is 5.60. The monoisotopic (exact) mass is 263 g/mol. The molecule has 18 heavy (non-hydrogen) atoms. The van der Waals surface area contributed by atoms with Gasteiger partial charge >= 0.3 is 5.97 Å². The maximum Gasteiger partial charge on any atom is 0.337 e. The molecule has 2 rings (SSSR count). The van der Waals surface area contributed by atoms with Crippen molar-refractivity contribution in [1.29, 1.82) is 0 Å². The lowest BCUT2D eigenvalue weighted by atomic mass is 10.2. The van der Waals surface area contributed by atoms with Crippen LogP contribution in [0.4, 0.5) is 0 Å².